The van der Waals surface area contributed by atoms with Crippen LogP contribution in [-0.4, -0.2) is 56.8 Å². The van der Waals surface area contributed by atoms with Gasteiger partial charge < -0.3 is 24.6 Å². The average molecular weight is 431 g/mol. The summed E-state index contributed by atoms with van der Waals surface area (Å²) in [6.07, 6.45) is 1.86. The number of halogens is 1. The molecular formula is C21H23ClN4O4. The fraction of sp³-hybridized carbons (Fsp3) is 0.381. The smallest absolute Gasteiger partial charge is 0.230 e. The monoisotopic (exact) mass is 430 g/mol. The molecule has 2 aliphatic heterocycles. The first-order valence-corrected chi connectivity index (χ1v) is 10.2. The standard InChI is InChI=1S/C21H23ClN4O4/c1-29-18-4-2-15(22)11-17(18)26-13-14(10-20(26)27)21(28)24-19-5-3-16(12-23-19)25-6-8-30-9-7-25/h2-5,11-12,14H,6-10,13H2,1H3,(H,23,24,28)/t14-/m1/s1. The fourth-order valence-electron chi connectivity index (χ4n) is 3.69. The van der Waals surface area contributed by atoms with E-state index < -0.39 is 5.92 Å². The second kappa shape index (κ2) is 8.89. The van der Waals surface area contributed by atoms with Gasteiger partial charge >= 0.3 is 0 Å². The molecular weight excluding hydrogens is 408 g/mol. The van der Waals surface area contributed by atoms with E-state index in [2.05, 4.69) is 15.2 Å². The molecule has 1 N–H and O–H groups in total. The molecule has 0 spiro atoms. The summed E-state index contributed by atoms with van der Waals surface area (Å²) in [5.74, 6) is 0.129. The summed E-state index contributed by atoms with van der Waals surface area (Å²) in [5, 5.41) is 3.31. The van der Waals surface area contributed by atoms with Crippen LogP contribution in [0.25, 0.3) is 0 Å². The molecule has 2 aromatic rings. The van der Waals surface area contributed by atoms with E-state index in [0.29, 0.717) is 35.5 Å². The van der Waals surface area contributed by atoms with Crippen molar-refractivity contribution in [1.82, 2.24) is 4.98 Å². The summed E-state index contributed by atoms with van der Waals surface area (Å²) < 4.78 is 10.7. The van der Waals surface area contributed by atoms with Crippen molar-refractivity contribution in [2.24, 2.45) is 5.92 Å². The molecule has 9 heteroatoms. The molecule has 0 bridgehead atoms. The number of carbonyl (C=O) groups is 2. The van der Waals surface area contributed by atoms with Gasteiger partial charge in [0, 0.05) is 31.1 Å². The van der Waals surface area contributed by atoms with Crippen molar-refractivity contribution in [2.45, 2.75) is 6.42 Å². The maximum atomic E-state index is 12.7. The van der Waals surface area contributed by atoms with Crippen LogP contribution in [-0.2, 0) is 14.3 Å². The van der Waals surface area contributed by atoms with Gasteiger partial charge in [-0.05, 0) is 30.3 Å². The first kappa shape index (κ1) is 20.4. The predicted molar refractivity (Wildman–Crippen MR) is 114 cm³/mol. The van der Waals surface area contributed by atoms with Crippen LogP contribution in [0.2, 0.25) is 5.02 Å². The van der Waals surface area contributed by atoms with Crippen LogP contribution in [0.4, 0.5) is 17.2 Å². The Balaban J connectivity index is 1.41. The maximum Gasteiger partial charge on any atom is 0.230 e. The number of methoxy groups -OCH3 is 1. The molecule has 1 atom stereocenters. The van der Waals surface area contributed by atoms with Crippen LogP contribution < -0.4 is 19.9 Å². The van der Waals surface area contributed by atoms with Crippen LogP contribution >= 0.6 is 11.6 Å². The van der Waals surface area contributed by atoms with Crippen molar-refractivity contribution in [2.75, 3.05) is 55.1 Å². The number of pyridine rings is 1. The summed E-state index contributed by atoms with van der Waals surface area (Å²) in [5.41, 5.74) is 1.56. The lowest BCUT2D eigenvalue weighted by Gasteiger charge is -2.28. The number of morpholine rings is 1. The molecule has 0 aliphatic carbocycles. The molecule has 0 unspecified atom stereocenters. The van der Waals surface area contributed by atoms with E-state index in [4.69, 9.17) is 21.1 Å². The van der Waals surface area contributed by atoms with Crippen molar-refractivity contribution < 1.29 is 19.1 Å². The van der Waals surface area contributed by atoms with Gasteiger partial charge in [0.2, 0.25) is 11.8 Å². The van der Waals surface area contributed by atoms with E-state index in [1.807, 2.05) is 6.07 Å². The Labute approximate surface area is 179 Å². The molecule has 2 saturated heterocycles. The predicted octanol–water partition coefficient (Wildman–Crippen LogP) is 2.57. The number of nitrogens with zero attached hydrogens (tertiary/aromatic N) is 3. The number of benzene rings is 1. The number of hydrogen-bond donors (Lipinski definition) is 1. The van der Waals surface area contributed by atoms with Crippen molar-refractivity contribution in [1.29, 1.82) is 0 Å². The van der Waals surface area contributed by atoms with Crippen molar-refractivity contribution >= 4 is 40.6 Å². The first-order valence-electron chi connectivity index (χ1n) is 9.78. The van der Waals surface area contributed by atoms with Crippen molar-refractivity contribution in [3.05, 3.63) is 41.6 Å². The lowest BCUT2D eigenvalue weighted by Crippen LogP contribution is -2.36. The summed E-state index contributed by atoms with van der Waals surface area (Å²) in [7, 11) is 1.53. The van der Waals surface area contributed by atoms with Gasteiger partial charge in [-0.3, -0.25) is 9.59 Å². The van der Waals surface area contributed by atoms with E-state index in [-0.39, 0.29) is 24.8 Å². The molecule has 4 rings (SSSR count). The fourth-order valence-corrected chi connectivity index (χ4v) is 3.85. The number of hydrogen-bond acceptors (Lipinski definition) is 6. The van der Waals surface area contributed by atoms with Gasteiger partial charge in [0.25, 0.3) is 0 Å². The zero-order valence-corrected chi connectivity index (χ0v) is 17.4. The van der Waals surface area contributed by atoms with Crippen LogP contribution in [0.15, 0.2) is 36.5 Å². The third kappa shape index (κ3) is 4.34. The Kier molecular flexibility index (Phi) is 6.06. The van der Waals surface area contributed by atoms with E-state index in [1.54, 1.807) is 35.4 Å². The van der Waals surface area contributed by atoms with Crippen LogP contribution in [0, 0.1) is 5.92 Å². The molecule has 0 saturated carbocycles. The van der Waals surface area contributed by atoms with Gasteiger partial charge in [0.15, 0.2) is 0 Å². The number of amides is 2. The normalized spacial score (nSPS) is 19.1. The van der Waals surface area contributed by atoms with Crippen LogP contribution in [0.5, 0.6) is 5.75 Å². The second-order valence-corrected chi connectivity index (χ2v) is 7.65. The highest BCUT2D eigenvalue weighted by Gasteiger charge is 2.36. The molecule has 158 valence electrons. The molecule has 2 aliphatic rings. The van der Waals surface area contributed by atoms with E-state index >= 15 is 0 Å². The quantitative estimate of drug-likeness (QED) is 0.784. The molecule has 3 heterocycles. The maximum absolute atomic E-state index is 12.7. The molecule has 1 aromatic carbocycles. The minimum absolute atomic E-state index is 0.118. The summed E-state index contributed by atoms with van der Waals surface area (Å²) in [4.78, 5) is 33.4. The minimum Gasteiger partial charge on any atom is -0.495 e. The number of rotatable bonds is 5. The van der Waals surface area contributed by atoms with Crippen LogP contribution in [0.3, 0.4) is 0 Å². The molecule has 2 amide bonds. The third-order valence-electron chi connectivity index (χ3n) is 5.30. The lowest BCUT2D eigenvalue weighted by atomic mass is 10.1. The highest BCUT2D eigenvalue weighted by molar-refractivity contribution is 6.31. The summed E-state index contributed by atoms with van der Waals surface area (Å²) in [6.45, 7) is 3.29. The summed E-state index contributed by atoms with van der Waals surface area (Å²) in [6, 6.07) is 8.78. The average Bonchev–Trinajstić information content (AvgIpc) is 3.16. The van der Waals surface area contributed by atoms with Gasteiger partial charge in [-0.25, -0.2) is 4.98 Å². The lowest BCUT2D eigenvalue weighted by molar-refractivity contribution is -0.122. The molecule has 0 radical (unpaired) electrons. The number of nitrogens with one attached hydrogen (secondary N) is 1. The van der Waals surface area contributed by atoms with Gasteiger partial charge in [0.1, 0.15) is 11.6 Å². The number of carbonyl (C=O) groups excluding carboxylic acids is 2. The Morgan fingerprint density at radius 3 is 2.77 bits per heavy atom. The Bertz CT molecular complexity index is 931. The molecule has 8 nitrogen and oxygen atoms in total. The zero-order chi connectivity index (χ0) is 21.1. The summed E-state index contributed by atoms with van der Waals surface area (Å²) >= 11 is 6.08. The Hall–Kier alpha value is -2.84. The second-order valence-electron chi connectivity index (χ2n) is 7.21. The highest BCUT2D eigenvalue weighted by Crippen LogP contribution is 2.35. The Morgan fingerprint density at radius 2 is 2.07 bits per heavy atom. The minimum atomic E-state index is -0.484. The van der Waals surface area contributed by atoms with E-state index in [9.17, 15) is 9.59 Å². The Morgan fingerprint density at radius 1 is 1.27 bits per heavy atom. The first-order chi connectivity index (χ1) is 14.5. The third-order valence-corrected chi connectivity index (χ3v) is 5.54. The topological polar surface area (TPSA) is 84.0 Å². The largest absolute Gasteiger partial charge is 0.495 e. The van der Waals surface area contributed by atoms with Gasteiger partial charge in [-0.15, -0.1) is 0 Å². The molecule has 1 aromatic heterocycles. The van der Waals surface area contributed by atoms with E-state index in [1.165, 1.54) is 7.11 Å². The highest BCUT2D eigenvalue weighted by atomic mass is 35.5. The molecule has 30 heavy (non-hydrogen) atoms. The van der Waals surface area contributed by atoms with E-state index in [0.717, 1.165) is 18.8 Å². The number of aromatic nitrogens is 1. The van der Waals surface area contributed by atoms with Gasteiger partial charge in [-0.1, -0.05) is 11.6 Å². The number of ether oxygens (including phenoxy) is 2. The van der Waals surface area contributed by atoms with Crippen molar-refractivity contribution in [3.8, 4) is 5.75 Å². The van der Waals surface area contributed by atoms with Gasteiger partial charge in [0.05, 0.1) is 43.8 Å². The van der Waals surface area contributed by atoms with Gasteiger partial charge in [-0.2, -0.15) is 0 Å². The zero-order valence-electron chi connectivity index (χ0n) is 16.6. The van der Waals surface area contributed by atoms with Crippen molar-refractivity contribution in [3.63, 3.8) is 0 Å². The molecule has 2 fully saturated rings. The SMILES string of the molecule is COc1ccc(Cl)cc1N1C[C@H](C(=O)Nc2ccc(N3CCOCC3)cn2)CC1=O. The number of anilines is 3. The van der Waals surface area contributed by atoms with Crippen LogP contribution in [0.1, 0.15) is 6.42 Å².